The molecule has 0 fully saturated rings. The third-order valence-corrected chi connectivity index (χ3v) is 2.76. The van der Waals surface area contributed by atoms with Crippen LogP contribution in [0.1, 0.15) is 17.6 Å². The molecule has 0 bridgehead atoms. The molecule has 7 heteroatoms. The van der Waals surface area contributed by atoms with Gasteiger partial charge >= 0.3 is 0 Å². The normalized spacial score (nSPS) is 10.6. The van der Waals surface area contributed by atoms with Crippen LogP contribution in [0.2, 0.25) is 0 Å². The summed E-state index contributed by atoms with van der Waals surface area (Å²) in [6.07, 6.45) is -2.03. The van der Waals surface area contributed by atoms with E-state index in [1.807, 2.05) is 0 Å². The van der Waals surface area contributed by atoms with E-state index >= 15 is 0 Å². The van der Waals surface area contributed by atoms with Crippen LogP contribution in [0.3, 0.4) is 0 Å². The zero-order valence-corrected chi connectivity index (χ0v) is 9.16. The van der Waals surface area contributed by atoms with Crippen molar-refractivity contribution in [3.05, 3.63) is 31.1 Å². The zero-order chi connectivity index (χ0) is 10.9. The Morgan fingerprint density at radius 3 is 2.64 bits per heavy atom. The van der Waals surface area contributed by atoms with E-state index in [9.17, 15) is 18.9 Å². The summed E-state index contributed by atoms with van der Waals surface area (Å²) < 4.78 is 25.1. The lowest BCUT2D eigenvalue weighted by molar-refractivity contribution is -0.387. The number of hydrogen-bond acceptors (Lipinski definition) is 3. The summed E-state index contributed by atoms with van der Waals surface area (Å²) in [5.74, 6) is 0. The van der Waals surface area contributed by atoms with Gasteiger partial charge in [0, 0.05) is 6.20 Å². The van der Waals surface area contributed by atoms with Crippen molar-refractivity contribution < 1.29 is 13.7 Å². The first-order valence-corrected chi connectivity index (χ1v) is 4.60. The SMILES string of the molecule is Cc1c(I)ncc(C(F)F)c1[N+](=O)[O-]. The van der Waals surface area contributed by atoms with Crippen molar-refractivity contribution in [2.75, 3.05) is 0 Å². The molecule has 0 unspecified atom stereocenters. The van der Waals surface area contributed by atoms with E-state index < -0.39 is 22.6 Å². The highest BCUT2D eigenvalue weighted by atomic mass is 127. The number of alkyl halides is 2. The van der Waals surface area contributed by atoms with Gasteiger partial charge in [0.05, 0.1) is 10.5 Å². The van der Waals surface area contributed by atoms with Crippen LogP contribution in [-0.2, 0) is 0 Å². The van der Waals surface area contributed by atoms with Gasteiger partial charge in [-0.3, -0.25) is 10.1 Å². The molecule has 1 rings (SSSR count). The second kappa shape index (κ2) is 4.11. The van der Waals surface area contributed by atoms with Gasteiger partial charge in [-0.1, -0.05) is 0 Å². The molecule has 0 aliphatic rings. The van der Waals surface area contributed by atoms with Gasteiger partial charge in [-0.05, 0) is 29.5 Å². The molecule has 1 aromatic heterocycles. The first-order valence-electron chi connectivity index (χ1n) is 3.52. The molecule has 1 heterocycles. The van der Waals surface area contributed by atoms with Crippen LogP contribution >= 0.6 is 22.6 Å². The van der Waals surface area contributed by atoms with E-state index in [1.54, 1.807) is 22.6 Å². The lowest BCUT2D eigenvalue weighted by Crippen LogP contribution is -2.02. The number of pyridine rings is 1. The molecule has 0 spiro atoms. The highest BCUT2D eigenvalue weighted by Crippen LogP contribution is 2.32. The van der Waals surface area contributed by atoms with Gasteiger partial charge in [0.2, 0.25) is 0 Å². The third-order valence-electron chi connectivity index (χ3n) is 1.67. The first kappa shape index (κ1) is 11.2. The summed E-state index contributed by atoms with van der Waals surface area (Å²) in [4.78, 5) is 13.4. The predicted octanol–water partition coefficient (Wildman–Crippen LogP) is 2.84. The molecule has 0 saturated carbocycles. The molecule has 0 N–H and O–H groups in total. The van der Waals surface area contributed by atoms with E-state index in [4.69, 9.17) is 0 Å². The molecule has 14 heavy (non-hydrogen) atoms. The standard InChI is InChI=1S/C7H5F2IN2O2/c1-3-5(12(13)14)4(6(8)9)2-11-7(3)10/h2,6H,1H3. The maximum atomic E-state index is 12.4. The minimum Gasteiger partial charge on any atom is -0.258 e. The molecule has 0 saturated heterocycles. The van der Waals surface area contributed by atoms with Gasteiger partial charge in [-0.2, -0.15) is 0 Å². The molecule has 0 aliphatic carbocycles. The average molecular weight is 314 g/mol. The minimum absolute atomic E-state index is 0.174. The van der Waals surface area contributed by atoms with Gasteiger partial charge in [-0.25, -0.2) is 13.8 Å². The second-order valence-electron chi connectivity index (χ2n) is 2.54. The highest BCUT2D eigenvalue weighted by molar-refractivity contribution is 14.1. The smallest absolute Gasteiger partial charge is 0.258 e. The van der Waals surface area contributed by atoms with Crippen molar-refractivity contribution in [1.82, 2.24) is 4.98 Å². The monoisotopic (exact) mass is 314 g/mol. The Labute approximate surface area is 91.6 Å². The highest BCUT2D eigenvalue weighted by Gasteiger charge is 2.25. The van der Waals surface area contributed by atoms with Crippen molar-refractivity contribution in [2.45, 2.75) is 13.3 Å². The Morgan fingerprint density at radius 2 is 2.21 bits per heavy atom. The molecule has 1 aromatic rings. The van der Waals surface area contributed by atoms with Crippen LogP contribution in [0.5, 0.6) is 0 Å². The van der Waals surface area contributed by atoms with Crippen LogP contribution in [0.4, 0.5) is 14.5 Å². The number of aromatic nitrogens is 1. The topological polar surface area (TPSA) is 56.0 Å². The van der Waals surface area contributed by atoms with Gasteiger partial charge in [0.15, 0.2) is 0 Å². The molecule has 0 aliphatic heterocycles. The Hall–Kier alpha value is -0.860. The summed E-state index contributed by atoms with van der Waals surface area (Å²) >= 11 is 1.76. The number of nitro groups is 1. The molecular formula is C7H5F2IN2O2. The Kier molecular flexibility index (Phi) is 3.29. The van der Waals surface area contributed by atoms with E-state index in [0.717, 1.165) is 6.20 Å². The van der Waals surface area contributed by atoms with Gasteiger partial charge < -0.3 is 0 Å². The number of halogens is 3. The van der Waals surface area contributed by atoms with Gasteiger partial charge in [0.1, 0.15) is 9.26 Å². The summed E-state index contributed by atoms with van der Waals surface area (Å²) in [7, 11) is 0. The van der Waals surface area contributed by atoms with Crippen LogP contribution < -0.4 is 0 Å². The van der Waals surface area contributed by atoms with Crippen molar-refractivity contribution in [2.24, 2.45) is 0 Å². The minimum atomic E-state index is -2.88. The lowest BCUT2D eigenvalue weighted by Gasteiger charge is -2.04. The summed E-state index contributed by atoms with van der Waals surface area (Å²) in [5, 5.41) is 10.5. The van der Waals surface area contributed by atoms with Crippen molar-refractivity contribution in [3.63, 3.8) is 0 Å². The first-order chi connectivity index (χ1) is 6.45. The second-order valence-corrected chi connectivity index (χ2v) is 3.56. The maximum absolute atomic E-state index is 12.4. The fourth-order valence-electron chi connectivity index (χ4n) is 1.00. The molecule has 0 aromatic carbocycles. The number of nitrogens with zero attached hydrogens (tertiary/aromatic N) is 2. The molecule has 4 nitrogen and oxygen atoms in total. The van der Waals surface area contributed by atoms with E-state index in [-0.39, 0.29) is 5.56 Å². The molecule has 0 radical (unpaired) electrons. The van der Waals surface area contributed by atoms with E-state index in [2.05, 4.69) is 4.98 Å². The lowest BCUT2D eigenvalue weighted by atomic mass is 10.2. The van der Waals surface area contributed by atoms with Crippen LogP contribution in [-0.4, -0.2) is 9.91 Å². The predicted molar refractivity (Wildman–Crippen MR) is 53.3 cm³/mol. The summed E-state index contributed by atoms with van der Waals surface area (Å²) in [6, 6.07) is 0. The van der Waals surface area contributed by atoms with Crippen molar-refractivity contribution >= 4 is 28.3 Å². The fraction of sp³-hybridized carbons (Fsp3) is 0.286. The Bertz CT molecular complexity index is 384. The van der Waals surface area contributed by atoms with Gasteiger partial charge in [-0.15, -0.1) is 0 Å². The third kappa shape index (κ3) is 1.97. The maximum Gasteiger partial charge on any atom is 0.285 e. The molecule has 0 atom stereocenters. The average Bonchev–Trinajstić information content (AvgIpc) is 2.08. The summed E-state index contributed by atoms with van der Waals surface area (Å²) in [5.41, 5.74) is -0.999. The van der Waals surface area contributed by atoms with E-state index in [0.29, 0.717) is 3.70 Å². The summed E-state index contributed by atoms with van der Waals surface area (Å²) in [6.45, 7) is 1.40. The van der Waals surface area contributed by atoms with Crippen LogP contribution in [0.25, 0.3) is 0 Å². The Morgan fingerprint density at radius 1 is 1.64 bits per heavy atom. The van der Waals surface area contributed by atoms with Crippen molar-refractivity contribution in [3.8, 4) is 0 Å². The van der Waals surface area contributed by atoms with Crippen molar-refractivity contribution in [1.29, 1.82) is 0 Å². The molecular weight excluding hydrogens is 309 g/mol. The van der Waals surface area contributed by atoms with Crippen LogP contribution in [0, 0.1) is 20.7 Å². The zero-order valence-electron chi connectivity index (χ0n) is 7.00. The van der Waals surface area contributed by atoms with Crippen LogP contribution in [0.15, 0.2) is 6.20 Å². The molecule has 0 amide bonds. The molecule has 76 valence electrons. The van der Waals surface area contributed by atoms with E-state index in [1.165, 1.54) is 6.92 Å². The largest absolute Gasteiger partial charge is 0.285 e. The fourth-order valence-corrected chi connectivity index (χ4v) is 1.40. The van der Waals surface area contributed by atoms with Gasteiger partial charge in [0.25, 0.3) is 12.1 Å². The Balaban J connectivity index is 3.45. The number of hydrogen-bond donors (Lipinski definition) is 0. The number of rotatable bonds is 2. The quantitative estimate of drug-likeness (QED) is 0.365.